The highest BCUT2D eigenvalue weighted by molar-refractivity contribution is 7.89. The molecule has 3 atom stereocenters. The van der Waals surface area contributed by atoms with Gasteiger partial charge in [-0.2, -0.15) is 4.31 Å². The molecule has 2 aromatic carbocycles. The molecule has 6 heteroatoms. The van der Waals surface area contributed by atoms with E-state index in [1.54, 1.807) is 17.5 Å². The molecular formula is C25H32N2O3S. The van der Waals surface area contributed by atoms with Crippen molar-refractivity contribution in [2.24, 2.45) is 5.92 Å². The second-order valence-corrected chi connectivity index (χ2v) is 10.3. The van der Waals surface area contributed by atoms with Crippen molar-refractivity contribution in [3.63, 3.8) is 0 Å². The molecule has 0 aromatic heterocycles. The van der Waals surface area contributed by atoms with Crippen LogP contribution in [0.1, 0.15) is 56.2 Å². The Morgan fingerprint density at radius 2 is 1.81 bits per heavy atom. The number of methoxy groups -OCH3 is 1. The summed E-state index contributed by atoms with van der Waals surface area (Å²) >= 11 is 0. The van der Waals surface area contributed by atoms with Gasteiger partial charge in [-0.1, -0.05) is 44.2 Å². The number of benzene rings is 2. The topological polar surface area (TPSA) is 58.6 Å². The highest BCUT2D eigenvalue weighted by Crippen LogP contribution is 2.51. The summed E-state index contributed by atoms with van der Waals surface area (Å²) in [6.45, 7) is 5.13. The first-order chi connectivity index (χ1) is 15.0. The van der Waals surface area contributed by atoms with E-state index < -0.39 is 10.0 Å². The molecule has 0 fully saturated rings. The number of rotatable bonds is 8. The molecule has 31 heavy (non-hydrogen) atoms. The molecule has 0 amide bonds. The second kappa shape index (κ2) is 9.05. The van der Waals surface area contributed by atoms with Crippen LogP contribution in [0.3, 0.4) is 0 Å². The number of sulfonamides is 1. The van der Waals surface area contributed by atoms with E-state index in [9.17, 15) is 8.42 Å². The van der Waals surface area contributed by atoms with Gasteiger partial charge in [0, 0.05) is 30.3 Å². The van der Waals surface area contributed by atoms with E-state index in [0.29, 0.717) is 23.9 Å². The lowest BCUT2D eigenvalue weighted by molar-refractivity contribution is 0.381. The van der Waals surface area contributed by atoms with Gasteiger partial charge in [0.15, 0.2) is 0 Å². The normalized spacial score (nSPS) is 22.1. The van der Waals surface area contributed by atoms with E-state index in [2.05, 4.69) is 23.5 Å². The molecule has 5 nitrogen and oxygen atoms in total. The zero-order valence-electron chi connectivity index (χ0n) is 18.5. The van der Waals surface area contributed by atoms with Crippen LogP contribution >= 0.6 is 0 Å². The number of fused-ring (bicyclic) bond motifs is 3. The van der Waals surface area contributed by atoms with Crippen LogP contribution in [0, 0.1) is 5.92 Å². The van der Waals surface area contributed by atoms with Gasteiger partial charge >= 0.3 is 0 Å². The lowest BCUT2D eigenvalue weighted by Crippen LogP contribution is -2.33. The van der Waals surface area contributed by atoms with Gasteiger partial charge in [0.2, 0.25) is 10.0 Å². The maximum Gasteiger partial charge on any atom is 0.243 e. The summed E-state index contributed by atoms with van der Waals surface area (Å²) in [5.41, 5.74) is 3.21. The van der Waals surface area contributed by atoms with E-state index in [-0.39, 0.29) is 12.0 Å². The van der Waals surface area contributed by atoms with Crippen LogP contribution in [0.5, 0.6) is 5.75 Å². The Bertz CT molecular complexity index is 1060. The standard InChI is InChI=1S/C25H32N2O3S/c1-4-15-27(16-5-2)31(28,29)18-13-14-23-22(17-18)19-10-8-11-20(19)25(26-23)21-9-6-7-12-24(21)30-3/h6-10,12-14,17,19-20,25-26H,4-5,11,15-16H2,1-3H3. The highest BCUT2D eigenvalue weighted by atomic mass is 32.2. The van der Waals surface area contributed by atoms with Crippen LogP contribution in [0.2, 0.25) is 0 Å². The number of para-hydroxylation sites is 1. The fourth-order valence-corrected chi connectivity index (χ4v) is 6.62. The molecule has 1 aliphatic carbocycles. The number of nitrogens with one attached hydrogen (secondary N) is 1. The SMILES string of the molecule is CCCN(CCC)S(=O)(=O)c1ccc2c(c1)C1C=CCC1C(c1ccccc1OC)N2. The fraction of sp³-hybridized carbons (Fsp3) is 0.440. The molecule has 166 valence electrons. The zero-order chi connectivity index (χ0) is 22.0. The molecule has 0 saturated heterocycles. The largest absolute Gasteiger partial charge is 0.496 e. The van der Waals surface area contributed by atoms with Crippen LogP contribution in [-0.2, 0) is 10.0 Å². The van der Waals surface area contributed by atoms with E-state index in [4.69, 9.17) is 4.74 Å². The van der Waals surface area contributed by atoms with E-state index >= 15 is 0 Å². The minimum absolute atomic E-state index is 0.114. The minimum Gasteiger partial charge on any atom is -0.496 e. The lowest BCUT2D eigenvalue weighted by atomic mass is 9.77. The predicted molar refractivity (Wildman–Crippen MR) is 125 cm³/mol. The highest BCUT2D eigenvalue weighted by Gasteiger charge is 2.39. The van der Waals surface area contributed by atoms with Crippen LogP contribution in [0.4, 0.5) is 5.69 Å². The van der Waals surface area contributed by atoms with Crippen molar-refractivity contribution < 1.29 is 13.2 Å². The van der Waals surface area contributed by atoms with Gasteiger partial charge in [-0.05, 0) is 55.0 Å². The summed E-state index contributed by atoms with van der Waals surface area (Å²) in [4.78, 5) is 0.393. The average Bonchev–Trinajstić information content (AvgIpc) is 3.28. The third kappa shape index (κ3) is 3.99. The monoisotopic (exact) mass is 440 g/mol. The Balaban J connectivity index is 1.73. The first kappa shape index (κ1) is 21.9. The van der Waals surface area contributed by atoms with Crippen molar-refractivity contribution in [2.75, 3.05) is 25.5 Å². The van der Waals surface area contributed by atoms with Gasteiger partial charge < -0.3 is 10.1 Å². The Labute approximate surface area is 186 Å². The third-order valence-corrected chi connectivity index (χ3v) is 8.29. The van der Waals surface area contributed by atoms with Crippen LogP contribution in [0.15, 0.2) is 59.5 Å². The number of allylic oxidation sites excluding steroid dienone is 2. The van der Waals surface area contributed by atoms with Gasteiger partial charge in [-0.3, -0.25) is 0 Å². The van der Waals surface area contributed by atoms with Gasteiger partial charge in [0.25, 0.3) is 0 Å². The molecule has 2 aromatic rings. The van der Waals surface area contributed by atoms with Crippen molar-refractivity contribution in [2.45, 2.75) is 50.0 Å². The fourth-order valence-electron chi connectivity index (χ4n) is 4.96. The summed E-state index contributed by atoms with van der Waals surface area (Å²) in [6, 6.07) is 13.8. The summed E-state index contributed by atoms with van der Waals surface area (Å²) in [7, 11) is -1.80. The number of hydrogen-bond acceptors (Lipinski definition) is 4. The Kier molecular flexibility index (Phi) is 6.39. The summed E-state index contributed by atoms with van der Waals surface area (Å²) in [6.07, 6.45) is 7.02. The molecule has 1 N–H and O–H groups in total. The third-order valence-electron chi connectivity index (χ3n) is 6.39. The van der Waals surface area contributed by atoms with Gasteiger partial charge in [-0.25, -0.2) is 8.42 Å². The molecule has 0 saturated carbocycles. The van der Waals surface area contributed by atoms with Crippen molar-refractivity contribution in [3.8, 4) is 5.75 Å². The number of nitrogens with zero attached hydrogens (tertiary/aromatic N) is 1. The van der Waals surface area contributed by atoms with Crippen molar-refractivity contribution in [1.29, 1.82) is 0 Å². The minimum atomic E-state index is -3.50. The first-order valence-corrected chi connectivity index (χ1v) is 12.7. The maximum atomic E-state index is 13.3. The summed E-state index contributed by atoms with van der Waals surface area (Å²) in [5.74, 6) is 1.39. The van der Waals surface area contributed by atoms with E-state index in [0.717, 1.165) is 41.8 Å². The second-order valence-electron chi connectivity index (χ2n) is 8.37. The Morgan fingerprint density at radius 1 is 1.06 bits per heavy atom. The first-order valence-electron chi connectivity index (χ1n) is 11.2. The van der Waals surface area contributed by atoms with Crippen LogP contribution in [0.25, 0.3) is 0 Å². The number of anilines is 1. The van der Waals surface area contributed by atoms with Gasteiger partial charge in [0.05, 0.1) is 18.0 Å². The van der Waals surface area contributed by atoms with Crippen LogP contribution in [-0.4, -0.2) is 32.9 Å². The Morgan fingerprint density at radius 3 is 2.52 bits per heavy atom. The van der Waals surface area contributed by atoms with Gasteiger partial charge in [0.1, 0.15) is 5.75 Å². The van der Waals surface area contributed by atoms with E-state index in [1.165, 1.54) is 0 Å². The van der Waals surface area contributed by atoms with Crippen LogP contribution < -0.4 is 10.1 Å². The van der Waals surface area contributed by atoms with E-state index in [1.807, 2.05) is 44.2 Å². The average molecular weight is 441 g/mol. The zero-order valence-corrected chi connectivity index (χ0v) is 19.4. The molecule has 0 spiro atoms. The Hall–Kier alpha value is -2.31. The van der Waals surface area contributed by atoms with Crippen molar-refractivity contribution >= 4 is 15.7 Å². The van der Waals surface area contributed by atoms with Gasteiger partial charge in [-0.15, -0.1) is 0 Å². The maximum absolute atomic E-state index is 13.3. The molecule has 4 rings (SSSR count). The molecule has 1 aliphatic heterocycles. The molecule has 0 radical (unpaired) electrons. The lowest BCUT2D eigenvalue weighted by Gasteiger charge is -2.38. The quantitative estimate of drug-likeness (QED) is 0.564. The number of ether oxygens (including phenoxy) is 1. The predicted octanol–water partition coefficient (Wildman–Crippen LogP) is 5.33. The number of hydrogen-bond donors (Lipinski definition) is 1. The smallest absolute Gasteiger partial charge is 0.243 e. The molecule has 2 aliphatic rings. The summed E-state index contributed by atoms with van der Waals surface area (Å²) < 4.78 is 33.9. The molecule has 3 unspecified atom stereocenters. The molecule has 1 heterocycles. The molecular weight excluding hydrogens is 408 g/mol. The molecule has 0 bridgehead atoms. The van der Waals surface area contributed by atoms with Crippen molar-refractivity contribution in [1.82, 2.24) is 4.31 Å². The van der Waals surface area contributed by atoms with Crippen molar-refractivity contribution in [3.05, 3.63) is 65.7 Å². The summed E-state index contributed by atoms with van der Waals surface area (Å²) in [5, 5.41) is 3.69.